The summed E-state index contributed by atoms with van der Waals surface area (Å²) in [5.74, 6) is 0.0648. The second kappa shape index (κ2) is 5.24. The number of nitrogens with one attached hydrogen (secondary N) is 1. The zero-order valence-electron chi connectivity index (χ0n) is 7.74. The summed E-state index contributed by atoms with van der Waals surface area (Å²) in [5, 5.41) is 3.83. The van der Waals surface area contributed by atoms with Crippen LogP contribution >= 0.6 is 11.8 Å². The fourth-order valence-electron chi connectivity index (χ4n) is 0.844. The summed E-state index contributed by atoms with van der Waals surface area (Å²) in [6, 6.07) is 7.91. The normalized spacial score (nSPS) is 12.0. The number of nitrogens with zero attached hydrogens (tertiary/aromatic N) is 2. The molecule has 0 fully saturated rings. The Labute approximate surface area is 87.6 Å². The van der Waals surface area contributed by atoms with Gasteiger partial charge in [-0.15, -0.1) is 4.51 Å². The van der Waals surface area contributed by atoms with Crippen LogP contribution in [0.15, 0.2) is 33.9 Å². The van der Waals surface area contributed by atoms with Gasteiger partial charge in [-0.1, -0.05) is 29.8 Å². The van der Waals surface area contributed by atoms with Crippen molar-refractivity contribution in [2.24, 2.45) is 15.3 Å². The number of guanidine groups is 1. The van der Waals surface area contributed by atoms with Gasteiger partial charge in [0.15, 0.2) is 0 Å². The molecule has 1 aromatic carbocycles. The van der Waals surface area contributed by atoms with E-state index in [1.807, 2.05) is 31.2 Å². The van der Waals surface area contributed by atoms with Crippen LogP contribution in [0.1, 0.15) is 11.1 Å². The van der Waals surface area contributed by atoms with Crippen molar-refractivity contribution < 1.29 is 0 Å². The van der Waals surface area contributed by atoms with Gasteiger partial charge in [0.1, 0.15) is 0 Å². The molecule has 1 aromatic rings. The van der Waals surface area contributed by atoms with Crippen molar-refractivity contribution in [3.63, 3.8) is 0 Å². The Hall–Kier alpha value is -1.55. The Morgan fingerprint density at radius 1 is 1.43 bits per heavy atom. The van der Waals surface area contributed by atoms with E-state index in [1.54, 1.807) is 6.21 Å². The molecule has 0 heterocycles. The van der Waals surface area contributed by atoms with Gasteiger partial charge in [-0.3, -0.25) is 0 Å². The molecule has 74 valence electrons. The molecule has 0 aromatic heterocycles. The molecule has 0 saturated carbocycles. The Morgan fingerprint density at radius 2 is 2.07 bits per heavy atom. The fourth-order valence-corrected chi connectivity index (χ4v) is 0.882. The minimum atomic E-state index is 0.0648. The molecule has 0 atom stereocenters. The fraction of sp³-hybridized carbons (Fsp3) is 0.111. The first-order valence-electron chi connectivity index (χ1n) is 4.02. The number of aryl methyl sites for hydroxylation is 1. The van der Waals surface area contributed by atoms with Gasteiger partial charge in [0.25, 0.3) is 0 Å². The number of benzene rings is 1. The Balaban J connectivity index is 2.56. The summed E-state index contributed by atoms with van der Waals surface area (Å²) in [5.41, 5.74) is 9.90. The highest BCUT2D eigenvalue weighted by molar-refractivity contribution is 6.19. The number of halogens is 1. The van der Waals surface area contributed by atoms with Crippen molar-refractivity contribution in [3.8, 4) is 0 Å². The third-order valence-corrected chi connectivity index (χ3v) is 1.74. The average molecular weight is 211 g/mol. The minimum Gasteiger partial charge on any atom is -0.367 e. The van der Waals surface area contributed by atoms with E-state index in [0.717, 1.165) is 5.56 Å². The molecule has 0 amide bonds. The second-order valence-corrected chi connectivity index (χ2v) is 2.92. The van der Waals surface area contributed by atoms with Crippen molar-refractivity contribution in [2.75, 3.05) is 0 Å². The lowest BCUT2D eigenvalue weighted by Crippen LogP contribution is -2.26. The lowest BCUT2D eigenvalue weighted by molar-refractivity contribution is 1.02. The maximum atomic E-state index is 5.25. The van der Waals surface area contributed by atoms with E-state index in [1.165, 1.54) is 5.56 Å². The van der Waals surface area contributed by atoms with Crippen molar-refractivity contribution in [3.05, 3.63) is 35.4 Å². The van der Waals surface area contributed by atoms with Crippen molar-refractivity contribution in [1.82, 2.24) is 5.43 Å². The van der Waals surface area contributed by atoms with Crippen LogP contribution < -0.4 is 11.2 Å². The van der Waals surface area contributed by atoms with Crippen molar-refractivity contribution in [1.29, 1.82) is 0 Å². The summed E-state index contributed by atoms with van der Waals surface area (Å²) in [4.78, 5) is 0. The molecule has 0 radical (unpaired) electrons. The summed E-state index contributed by atoms with van der Waals surface area (Å²) in [6.45, 7) is 2.03. The molecule has 0 aliphatic heterocycles. The first-order chi connectivity index (χ1) is 6.72. The van der Waals surface area contributed by atoms with Gasteiger partial charge in [-0.05, 0) is 12.5 Å². The quantitative estimate of drug-likeness (QED) is 0.440. The molecular formula is C9H11ClN4. The standard InChI is InChI=1S/C9H11ClN4/c1-7-2-4-8(5-3-7)6-12-14-9(11)13-10/h2-6H,1H3,(H3,11,13,14). The minimum absolute atomic E-state index is 0.0648. The smallest absolute Gasteiger partial charge is 0.226 e. The van der Waals surface area contributed by atoms with E-state index in [2.05, 4.69) is 15.0 Å². The van der Waals surface area contributed by atoms with Crippen LogP contribution in [0.2, 0.25) is 0 Å². The molecule has 14 heavy (non-hydrogen) atoms. The average Bonchev–Trinajstić information content (AvgIpc) is 2.21. The third kappa shape index (κ3) is 3.45. The Bertz CT molecular complexity index is 342. The molecule has 3 N–H and O–H groups in total. The van der Waals surface area contributed by atoms with E-state index in [9.17, 15) is 0 Å². The highest BCUT2D eigenvalue weighted by Gasteiger charge is 1.87. The highest BCUT2D eigenvalue weighted by atomic mass is 35.5. The first kappa shape index (κ1) is 10.5. The topological polar surface area (TPSA) is 62.8 Å². The lowest BCUT2D eigenvalue weighted by Gasteiger charge is -1.96. The summed E-state index contributed by atoms with van der Waals surface area (Å²) < 4.78 is 3.18. The van der Waals surface area contributed by atoms with Gasteiger partial charge in [0, 0.05) is 11.8 Å². The van der Waals surface area contributed by atoms with Gasteiger partial charge in [-0.2, -0.15) is 5.10 Å². The zero-order valence-corrected chi connectivity index (χ0v) is 8.49. The van der Waals surface area contributed by atoms with E-state index in [0.29, 0.717) is 0 Å². The summed E-state index contributed by atoms with van der Waals surface area (Å²) in [7, 11) is 0. The number of rotatable bonds is 2. The van der Waals surface area contributed by atoms with E-state index < -0.39 is 0 Å². The van der Waals surface area contributed by atoms with Crippen LogP contribution in [0.25, 0.3) is 0 Å². The second-order valence-electron chi connectivity index (χ2n) is 2.75. The zero-order chi connectivity index (χ0) is 10.4. The molecule has 0 unspecified atom stereocenters. The Kier molecular flexibility index (Phi) is 3.94. The predicted octanol–water partition coefficient (Wildman–Crippen LogP) is 1.39. The molecule has 0 saturated heterocycles. The van der Waals surface area contributed by atoms with Crippen LogP contribution in [0.4, 0.5) is 0 Å². The van der Waals surface area contributed by atoms with Gasteiger partial charge < -0.3 is 5.73 Å². The summed E-state index contributed by atoms with van der Waals surface area (Å²) >= 11 is 5.08. The largest absolute Gasteiger partial charge is 0.367 e. The monoisotopic (exact) mass is 210 g/mol. The highest BCUT2D eigenvalue weighted by Crippen LogP contribution is 1.99. The first-order valence-corrected chi connectivity index (χ1v) is 4.36. The van der Waals surface area contributed by atoms with Crippen LogP contribution in [-0.4, -0.2) is 12.2 Å². The van der Waals surface area contributed by atoms with Crippen LogP contribution in [0, 0.1) is 6.92 Å². The molecule has 0 aliphatic carbocycles. The summed E-state index contributed by atoms with van der Waals surface area (Å²) in [6.07, 6.45) is 1.63. The predicted molar refractivity (Wildman–Crippen MR) is 59.4 cm³/mol. The van der Waals surface area contributed by atoms with Gasteiger partial charge in [-0.25, -0.2) is 5.43 Å². The van der Waals surface area contributed by atoms with Crippen molar-refractivity contribution in [2.45, 2.75) is 6.92 Å². The van der Waals surface area contributed by atoms with Gasteiger partial charge in [0.2, 0.25) is 5.96 Å². The van der Waals surface area contributed by atoms with Crippen LogP contribution in [0.3, 0.4) is 0 Å². The number of hydrazone groups is 1. The van der Waals surface area contributed by atoms with E-state index in [4.69, 9.17) is 17.5 Å². The van der Waals surface area contributed by atoms with Gasteiger partial charge in [0.05, 0.1) is 6.21 Å². The maximum absolute atomic E-state index is 5.25. The molecule has 0 bridgehead atoms. The van der Waals surface area contributed by atoms with E-state index in [-0.39, 0.29) is 5.96 Å². The third-order valence-electron chi connectivity index (χ3n) is 1.56. The molecular weight excluding hydrogens is 200 g/mol. The van der Waals surface area contributed by atoms with E-state index >= 15 is 0 Å². The number of hydrogen-bond acceptors (Lipinski definition) is 2. The number of nitrogens with two attached hydrogens (primary N) is 1. The molecule has 5 heteroatoms. The molecule has 4 nitrogen and oxygen atoms in total. The molecule has 0 aliphatic rings. The molecule has 1 rings (SSSR count). The lowest BCUT2D eigenvalue weighted by atomic mass is 10.2. The number of hydrogen-bond donors (Lipinski definition) is 2. The Morgan fingerprint density at radius 3 is 2.64 bits per heavy atom. The SMILES string of the molecule is Cc1ccc(C=NN/C(N)=N/Cl)cc1. The van der Waals surface area contributed by atoms with Gasteiger partial charge >= 0.3 is 0 Å². The van der Waals surface area contributed by atoms with Crippen molar-refractivity contribution >= 4 is 24.0 Å². The van der Waals surface area contributed by atoms with Crippen LogP contribution in [0.5, 0.6) is 0 Å². The van der Waals surface area contributed by atoms with Crippen LogP contribution in [-0.2, 0) is 0 Å². The maximum Gasteiger partial charge on any atom is 0.226 e. The molecule has 0 spiro atoms.